The highest BCUT2D eigenvalue weighted by atomic mass is 79.9. The van der Waals surface area contributed by atoms with Crippen molar-refractivity contribution < 1.29 is 4.79 Å². The van der Waals surface area contributed by atoms with E-state index in [1.165, 1.54) is 28.2 Å². The lowest BCUT2D eigenvalue weighted by Gasteiger charge is -1.92. The zero-order valence-electron chi connectivity index (χ0n) is 9.38. The van der Waals surface area contributed by atoms with Crippen molar-refractivity contribution in [1.82, 2.24) is 0 Å². The summed E-state index contributed by atoms with van der Waals surface area (Å²) in [4.78, 5) is 15.5. The summed E-state index contributed by atoms with van der Waals surface area (Å²) in [5.74, 6) is 0.184. The maximum atomic E-state index is 12.3. The zero-order valence-corrected chi connectivity index (χ0v) is 12.6. The summed E-state index contributed by atoms with van der Waals surface area (Å²) in [5, 5.41) is 0. The highest BCUT2D eigenvalue weighted by Gasteiger charge is 2.20. The Labute approximate surface area is 117 Å². The van der Waals surface area contributed by atoms with E-state index in [1.54, 1.807) is 11.3 Å². The van der Waals surface area contributed by atoms with Crippen molar-refractivity contribution in [3.63, 3.8) is 0 Å². The largest absolute Gasteiger partial charge is 0.287 e. The van der Waals surface area contributed by atoms with E-state index in [0.29, 0.717) is 0 Å². The molecule has 0 N–H and O–H groups in total. The molecule has 0 atom stereocenters. The van der Waals surface area contributed by atoms with Gasteiger partial charge in [-0.15, -0.1) is 22.7 Å². The molecule has 1 aliphatic carbocycles. The Balaban J connectivity index is 1.95. The number of fused-ring (bicyclic) bond motifs is 1. The second-order valence-electron chi connectivity index (χ2n) is 4.31. The first kappa shape index (κ1) is 11.6. The molecule has 2 heterocycles. The fourth-order valence-corrected chi connectivity index (χ4v) is 4.90. The lowest BCUT2D eigenvalue weighted by atomic mass is 10.2. The highest BCUT2D eigenvalue weighted by Crippen LogP contribution is 2.34. The minimum Gasteiger partial charge on any atom is -0.287 e. The molecule has 1 nitrogen and oxygen atoms in total. The van der Waals surface area contributed by atoms with E-state index in [0.717, 1.165) is 31.9 Å². The molecule has 88 valence electrons. The van der Waals surface area contributed by atoms with Crippen molar-refractivity contribution in [2.24, 2.45) is 0 Å². The SMILES string of the molecule is Cc1cc(C(=O)c2cc3c(s2)CCC3)sc1Br. The molecule has 0 bridgehead atoms. The lowest BCUT2D eigenvalue weighted by Crippen LogP contribution is -1.94. The van der Waals surface area contributed by atoms with Crippen molar-refractivity contribution in [3.05, 3.63) is 41.7 Å². The van der Waals surface area contributed by atoms with Crippen molar-refractivity contribution in [1.29, 1.82) is 0 Å². The normalized spacial score (nSPS) is 14.0. The van der Waals surface area contributed by atoms with E-state index in [9.17, 15) is 4.79 Å². The van der Waals surface area contributed by atoms with Crippen LogP contribution in [-0.4, -0.2) is 5.78 Å². The summed E-state index contributed by atoms with van der Waals surface area (Å²) < 4.78 is 1.06. The molecule has 1 aliphatic rings. The Morgan fingerprint density at radius 1 is 1.24 bits per heavy atom. The van der Waals surface area contributed by atoms with Gasteiger partial charge in [-0.1, -0.05) is 0 Å². The molecule has 0 saturated carbocycles. The van der Waals surface area contributed by atoms with Crippen LogP contribution in [0.25, 0.3) is 0 Å². The Kier molecular flexibility index (Phi) is 2.97. The van der Waals surface area contributed by atoms with Crippen LogP contribution in [0.5, 0.6) is 0 Å². The molecule has 4 heteroatoms. The summed E-state index contributed by atoms with van der Waals surface area (Å²) in [7, 11) is 0. The quantitative estimate of drug-likeness (QED) is 0.737. The van der Waals surface area contributed by atoms with Gasteiger partial charge in [-0.25, -0.2) is 0 Å². The number of carbonyl (C=O) groups excluding carboxylic acids is 1. The predicted octanol–water partition coefficient (Wildman–Crippen LogP) is 4.60. The molecular weight excluding hydrogens is 316 g/mol. The van der Waals surface area contributed by atoms with E-state index in [-0.39, 0.29) is 5.78 Å². The Hall–Kier alpha value is -0.450. The summed E-state index contributed by atoms with van der Waals surface area (Å²) in [6.07, 6.45) is 3.55. The van der Waals surface area contributed by atoms with Gasteiger partial charge in [-0.05, 0) is 65.4 Å². The molecule has 0 aromatic carbocycles. The Morgan fingerprint density at radius 2 is 2.00 bits per heavy atom. The molecule has 0 radical (unpaired) electrons. The second-order valence-corrected chi connectivity index (χ2v) is 7.82. The number of hydrogen-bond acceptors (Lipinski definition) is 3. The van der Waals surface area contributed by atoms with Crippen LogP contribution in [0, 0.1) is 6.92 Å². The number of halogens is 1. The molecule has 0 spiro atoms. The maximum absolute atomic E-state index is 12.3. The third-order valence-electron chi connectivity index (χ3n) is 3.05. The minimum absolute atomic E-state index is 0.184. The average molecular weight is 327 g/mol. The van der Waals surface area contributed by atoms with E-state index < -0.39 is 0 Å². The van der Waals surface area contributed by atoms with Crippen molar-refractivity contribution in [2.45, 2.75) is 26.2 Å². The van der Waals surface area contributed by atoms with Crippen LogP contribution in [-0.2, 0) is 12.8 Å². The Morgan fingerprint density at radius 3 is 2.65 bits per heavy atom. The van der Waals surface area contributed by atoms with Crippen LogP contribution < -0.4 is 0 Å². The van der Waals surface area contributed by atoms with Crippen molar-refractivity contribution >= 4 is 44.4 Å². The molecule has 0 unspecified atom stereocenters. The first-order valence-corrected chi connectivity index (χ1v) is 8.00. The third-order valence-corrected chi connectivity index (χ3v) is 6.42. The fourth-order valence-electron chi connectivity index (χ4n) is 2.13. The predicted molar refractivity (Wildman–Crippen MR) is 76.5 cm³/mol. The Bertz CT molecular complexity index is 554. The molecule has 17 heavy (non-hydrogen) atoms. The second kappa shape index (κ2) is 4.34. The van der Waals surface area contributed by atoms with E-state index in [4.69, 9.17) is 0 Å². The molecule has 2 aromatic rings. The number of thiophene rings is 2. The molecule has 3 rings (SSSR count). The molecule has 0 aliphatic heterocycles. The monoisotopic (exact) mass is 326 g/mol. The lowest BCUT2D eigenvalue weighted by molar-refractivity contribution is 0.104. The van der Waals surface area contributed by atoms with Gasteiger partial charge in [0.1, 0.15) is 0 Å². The number of aryl methyl sites for hydroxylation is 3. The van der Waals surface area contributed by atoms with E-state index in [2.05, 4.69) is 22.0 Å². The topological polar surface area (TPSA) is 17.1 Å². The molecule has 2 aromatic heterocycles. The minimum atomic E-state index is 0.184. The highest BCUT2D eigenvalue weighted by molar-refractivity contribution is 9.11. The first-order chi connectivity index (χ1) is 8.15. The van der Waals surface area contributed by atoms with Gasteiger partial charge in [0.05, 0.1) is 13.5 Å². The third kappa shape index (κ3) is 2.02. The number of carbonyl (C=O) groups is 1. The van der Waals surface area contributed by atoms with Gasteiger partial charge in [0.2, 0.25) is 5.78 Å². The summed E-state index contributed by atoms with van der Waals surface area (Å²) >= 11 is 6.68. The summed E-state index contributed by atoms with van der Waals surface area (Å²) in [5.41, 5.74) is 2.54. The summed E-state index contributed by atoms with van der Waals surface area (Å²) in [6, 6.07) is 4.07. The number of ketones is 1. The van der Waals surface area contributed by atoms with Crippen LogP contribution in [0.15, 0.2) is 15.9 Å². The molecule has 0 saturated heterocycles. The number of hydrogen-bond donors (Lipinski definition) is 0. The number of rotatable bonds is 2. The standard InChI is InChI=1S/C13H11BrOS2/c1-7-5-10(17-13(7)14)12(15)11-6-8-3-2-4-9(8)16-11/h5-6H,2-4H2,1H3. The van der Waals surface area contributed by atoms with Gasteiger partial charge in [-0.3, -0.25) is 4.79 Å². The van der Waals surface area contributed by atoms with Crippen LogP contribution in [0.4, 0.5) is 0 Å². The summed E-state index contributed by atoms with van der Waals surface area (Å²) in [6.45, 7) is 2.02. The van der Waals surface area contributed by atoms with Gasteiger partial charge < -0.3 is 0 Å². The molecule has 0 amide bonds. The van der Waals surface area contributed by atoms with Crippen LogP contribution in [0.2, 0.25) is 0 Å². The van der Waals surface area contributed by atoms with Gasteiger partial charge in [0.25, 0.3) is 0 Å². The van der Waals surface area contributed by atoms with Crippen LogP contribution in [0.1, 0.15) is 37.0 Å². The fraction of sp³-hybridized carbons (Fsp3) is 0.308. The smallest absolute Gasteiger partial charge is 0.212 e. The van der Waals surface area contributed by atoms with Gasteiger partial charge in [-0.2, -0.15) is 0 Å². The van der Waals surface area contributed by atoms with Gasteiger partial charge >= 0.3 is 0 Å². The molecular formula is C13H11BrOS2. The average Bonchev–Trinajstić information content (AvgIpc) is 2.92. The van der Waals surface area contributed by atoms with Crippen LogP contribution in [0.3, 0.4) is 0 Å². The first-order valence-electron chi connectivity index (χ1n) is 5.57. The van der Waals surface area contributed by atoms with Gasteiger partial charge in [0.15, 0.2) is 0 Å². The molecule has 0 fully saturated rings. The van der Waals surface area contributed by atoms with Crippen molar-refractivity contribution in [3.8, 4) is 0 Å². The van der Waals surface area contributed by atoms with Crippen LogP contribution >= 0.6 is 38.6 Å². The van der Waals surface area contributed by atoms with Crippen molar-refractivity contribution in [2.75, 3.05) is 0 Å². The van der Waals surface area contributed by atoms with E-state index in [1.807, 2.05) is 13.0 Å². The van der Waals surface area contributed by atoms with Gasteiger partial charge in [0, 0.05) is 4.88 Å². The van der Waals surface area contributed by atoms with E-state index >= 15 is 0 Å². The maximum Gasteiger partial charge on any atom is 0.212 e. The zero-order chi connectivity index (χ0) is 12.0.